The van der Waals surface area contributed by atoms with Crippen LogP contribution < -0.4 is 0 Å². The predicted molar refractivity (Wildman–Crippen MR) is 26.7 cm³/mol. The van der Waals surface area contributed by atoms with Gasteiger partial charge in [0.2, 0.25) is 11.1 Å². The van der Waals surface area contributed by atoms with Crippen LogP contribution in [0.25, 0.3) is 0 Å². The van der Waals surface area contributed by atoms with E-state index >= 15 is 0 Å². The van der Waals surface area contributed by atoms with Gasteiger partial charge in [-0.1, -0.05) is 0 Å². The van der Waals surface area contributed by atoms with Crippen LogP contribution in [0, 0.1) is 0 Å². The summed E-state index contributed by atoms with van der Waals surface area (Å²) in [5.41, 5.74) is 0. The van der Waals surface area contributed by atoms with Gasteiger partial charge in [0.25, 0.3) is 0 Å². The lowest BCUT2D eigenvalue weighted by Gasteiger charge is -2.25. The van der Waals surface area contributed by atoms with Crippen LogP contribution in [-0.2, 0) is 11.1 Å². The van der Waals surface area contributed by atoms with Gasteiger partial charge in [0.15, 0.2) is 0 Å². The summed E-state index contributed by atoms with van der Waals surface area (Å²) in [7, 11) is 0. The number of halogens is 7. The Morgan fingerprint density at radius 3 is 1.08 bits per heavy atom. The molecule has 0 fully saturated rings. The summed E-state index contributed by atoms with van der Waals surface area (Å²) in [6.07, 6.45) is -13.0. The van der Waals surface area contributed by atoms with Crippen LogP contribution in [0.4, 0.5) is 30.7 Å². The Balaban J connectivity index is 5.35. The molecule has 0 spiro atoms. The van der Waals surface area contributed by atoms with Gasteiger partial charge in [-0.05, 0) is 0 Å². The minimum atomic E-state index is -6.48. The second-order valence-electron chi connectivity index (χ2n) is 1.84. The molecule has 0 saturated carbocycles. The van der Waals surface area contributed by atoms with Crippen molar-refractivity contribution in [3.05, 3.63) is 0 Å². The molecule has 0 saturated heterocycles. The van der Waals surface area contributed by atoms with Crippen molar-refractivity contribution in [1.82, 2.24) is 0 Å². The smallest absolute Gasteiger partial charge is 0.303 e. The molecule has 1 unspecified atom stereocenters. The van der Waals surface area contributed by atoms with Crippen molar-refractivity contribution in [2.24, 2.45) is 0 Å². The molecule has 0 rings (SSSR count). The van der Waals surface area contributed by atoms with E-state index in [2.05, 4.69) is 0 Å². The van der Waals surface area contributed by atoms with Crippen LogP contribution in [0.1, 0.15) is 0 Å². The van der Waals surface area contributed by atoms with Crippen LogP contribution in [-0.4, -0.2) is 26.1 Å². The molecule has 80 valence electrons. The van der Waals surface area contributed by atoms with Crippen molar-refractivity contribution < 1.29 is 39.5 Å². The molecule has 13 heavy (non-hydrogen) atoms. The number of hydrogen-bond donors (Lipinski definition) is 1. The Morgan fingerprint density at radius 2 is 1.08 bits per heavy atom. The minimum absolute atomic E-state index is 4.72. The largest absolute Gasteiger partial charge is 0.446 e. The number of alkyl halides is 7. The molecule has 0 aliphatic rings. The van der Waals surface area contributed by atoms with Gasteiger partial charge < -0.3 is 4.55 Å². The Kier molecular flexibility index (Phi) is 2.99. The molecule has 0 aliphatic heterocycles. The van der Waals surface area contributed by atoms with Crippen molar-refractivity contribution in [3.8, 4) is 0 Å². The van der Waals surface area contributed by atoms with Gasteiger partial charge in [0, 0.05) is 0 Å². The van der Waals surface area contributed by atoms with Gasteiger partial charge in [0.05, 0.1) is 0 Å². The lowest BCUT2D eigenvalue weighted by molar-refractivity contribution is -0.306. The fourth-order valence-corrected chi connectivity index (χ4v) is 0.755. The lowest BCUT2D eigenvalue weighted by atomic mass is 10.3. The van der Waals surface area contributed by atoms with Gasteiger partial charge >= 0.3 is 17.4 Å². The Hall–Kier alpha value is -0.380. The maximum atomic E-state index is 12.1. The van der Waals surface area contributed by atoms with E-state index in [1.165, 1.54) is 0 Å². The van der Waals surface area contributed by atoms with Crippen LogP contribution in [0.2, 0.25) is 0 Å². The molecule has 0 aliphatic carbocycles. The van der Waals surface area contributed by atoms with Crippen molar-refractivity contribution in [2.45, 2.75) is 17.4 Å². The van der Waals surface area contributed by atoms with E-state index in [0.29, 0.717) is 0 Å². The first-order valence-electron chi connectivity index (χ1n) is 2.38. The molecular formula is C3HF7O2S. The first-order valence-corrected chi connectivity index (χ1v) is 3.48. The maximum absolute atomic E-state index is 12.1. The van der Waals surface area contributed by atoms with Crippen molar-refractivity contribution in [3.63, 3.8) is 0 Å². The zero-order chi connectivity index (χ0) is 11.1. The van der Waals surface area contributed by atoms with Gasteiger partial charge in [-0.3, -0.25) is 0 Å². The zero-order valence-electron chi connectivity index (χ0n) is 5.41. The van der Waals surface area contributed by atoms with E-state index in [1.807, 2.05) is 0 Å². The number of rotatable bonds is 1. The monoisotopic (exact) mass is 234 g/mol. The summed E-state index contributed by atoms with van der Waals surface area (Å²) in [4.78, 5) is 0. The molecule has 1 atom stereocenters. The van der Waals surface area contributed by atoms with Crippen LogP contribution in [0.5, 0.6) is 0 Å². The molecule has 0 amide bonds. The van der Waals surface area contributed by atoms with Crippen LogP contribution >= 0.6 is 0 Å². The highest BCUT2D eigenvalue weighted by atomic mass is 32.2. The van der Waals surface area contributed by atoms with Gasteiger partial charge in [-0.2, -0.15) is 26.3 Å². The topological polar surface area (TPSA) is 37.3 Å². The standard InChI is InChI=1S/C3HF7O2S/c4-1(13(11)12,2(5,6)7)3(8,9)10/h(H,11,12). The third-order valence-electron chi connectivity index (χ3n) is 0.970. The fraction of sp³-hybridized carbons (Fsp3) is 1.00. The highest BCUT2D eigenvalue weighted by Crippen LogP contribution is 2.47. The summed E-state index contributed by atoms with van der Waals surface area (Å²) in [6.45, 7) is 0. The molecule has 1 N–H and O–H groups in total. The normalized spacial score (nSPS) is 17.2. The Bertz CT molecular complexity index is 203. The molecule has 0 heterocycles. The van der Waals surface area contributed by atoms with E-state index < -0.39 is 28.4 Å². The Morgan fingerprint density at radius 1 is 0.846 bits per heavy atom. The van der Waals surface area contributed by atoms with Crippen LogP contribution in [0.15, 0.2) is 0 Å². The molecule has 0 radical (unpaired) electrons. The number of hydrogen-bond acceptors (Lipinski definition) is 1. The highest BCUT2D eigenvalue weighted by molar-refractivity contribution is 7.80. The molecule has 2 nitrogen and oxygen atoms in total. The first-order chi connectivity index (χ1) is 5.44. The van der Waals surface area contributed by atoms with E-state index in [-0.39, 0.29) is 0 Å². The molecule has 10 heteroatoms. The average Bonchev–Trinajstić information content (AvgIpc) is 1.80. The zero-order valence-corrected chi connectivity index (χ0v) is 6.23. The SMILES string of the molecule is O=S(O)C(F)(C(F)(F)F)C(F)(F)F. The third-order valence-corrected chi connectivity index (χ3v) is 1.91. The molecular weight excluding hydrogens is 233 g/mol. The van der Waals surface area contributed by atoms with Gasteiger partial charge in [-0.15, -0.1) is 0 Å². The predicted octanol–water partition coefficient (Wildman–Crippen LogP) is 2.00. The second-order valence-corrected chi connectivity index (χ2v) is 2.90. The maximum Gasteiger partial charge on any atom is 0.446 e. The lowest BCUT2D eigenvalue weighted by Crippen LogP contribution is -2.56. The van der Waals surface area contributed by atoms with E-state index in [0.717, 1.165) is 0 Å². The van der Waals surface area contributed by atoms with E-state index in [4.69, 9.17) is 4.55 Å². The van der Waals surface area contributed by atoms with Crippen molar-refractivity contribution in [1.29, 1.82) is 0 Å². The summed E-state index contributed by atoms with van der Waals surface area (Å²) in [5, 5.41) is -6.10. The third kappa shape index (κ3) is 1.93. The minimum Gasteiger partial charge on any atom is -0.303 e. The fourth-order valence-electron chi connectivity index (χ4n) is 0.359. The molecule has 0 aromatic heterocycles. The van der Waals surface area contributed by atoms with Crippen molar-refractivity contribution in [2.75, 3.05) is 0 Å². The van der Waals surface area contributed by atoms with E-state index in [1.54, 1.807) is 0 Å². The summed E-state index contributed by atoms with van der Waals surface area (Å²) < 4.78 is 97.8. The average molecular weight is 234 g/mol. The molecule has 0 bridgehead atoms. The quantitative estimate of drug-likeness (QED) is 0.556. The summed E-state index contributed by atoms with van der Waals surface area (Å²) in [6, 6.07) is 0. The molecule has 0 aromatic carbocycles. The van der Waals surface area contributed by atoms with Crippen molar-refractivity contribution >= 4 is 11.1 Å². The second kappa shape index (κ2) is 3.08. The summed E-state index contributed by atoms with van der Waals surface area (Å²) in [5.74, 6) is 0. The van der Waals surface area contributed by atoms with E-state index in [9.17, 15) is 34.9 Å². The van der Waals surface area contributed by atoms with Crippen LogP contribution in [0.3, 0.4) is 0 Å². The first kappa shape index (κ1) is 12.6. The van der Waals surface area contributed by atoms with Gasteiger partial charge in [0.1, 0.15) is 0 Å². The summed E-state index contributed by atoms with van der Waals surface area (Å²) >= 11 is -4.72. The highest BCUT2D eigenvalue weighted by Gasteiger charge is 2.77. The molecule has 0 aromatic rings. The Labute approximate surface area is 69.0 Å². The van der Waals surface area contributed by atoms with Gasteiger partial charge in [-0.25, -0.2) is 8.60 Å².